The van der Waals surface area contributed by atoms with Crippen LogP contribution in [0.2, 0.25) is 0 Å². The number of carbonyl (C=O) groups excluding carboxylic acids is 2. The lowest BCUT2D eigenvalue weighted by Gasteiger charge is -2.24. The highest BCUT2D eigenvalue weighted by Gasteiger charge is 2.27. The van der Waals surface area contributed by atoms with Crippen molar-refractivity contribution < 1.29 is 9.59 Å². The first kappa shape index (κ1) is 17.4. The maximum absolute atomic E-state index is 11.9. The van der Waals surface area contributed by atoms with Crippen molar-refractivity contribution in [2.45, 2.75) is 45.2 Å². The number of fused-ring (bicyclic) bond motifs is 1. The number of imide groups is 1. The average molecular weight is 336 g/mol. The number of carbonyl (C=O) groups is 2. The fraction of sp³-hybridized carbons (Fsp3) is 0.333. The van der Waals surface area contributed by atoms with Crippen molar-refractivity contribution in [3.05, 3.63) is 70.8 Å². The summed E-state index contributed by atoms with van der Waals surface area (Å²) >= 11 is 0. The van der Waals surface area contributed by atoms with E-state index in [-0.39, 0.29) is 17.9 Å². The third kappa shape index (κ3) is 3.97. The summed E-state index contributed by atoms with van der Waals surface area (Å²) in [6.45, 7) is 4.33. The predicted molar refractivity (Wildman–Crippen MR) is 98.6 cm³/mol. The Hall–Kier alpha value is -2.46. The van der Waals surface area contributed by atoms with E-state index >= 15 is 0 Å². The van der Waals surface area contributed by atoms with Crippen molar-refractivity contribution in [2.24, 2.45) is 0 Å². The summed E-state index contributed by atoms with van der Waals surface area (Å²) in [4.78, 5) is 23.6. The first-order chi connectivity index (χ1) is 12.1. The van der Waals surface area contributed by atoms with Crippen LogP contribution in [0.4, 0.5) is 0 Å². The Balaban J connectivity index is 1.76. The second kappa shape index (κ2) is 7.62. The van der Waals surface area contributed by atoms with Crippen LogP contribution in [-0.2, 0) is 6.42 Å². The Kier molecular flexibility index (Phi) is 5.29. The Bertz CT molecular complexity index is 771. The van der Waals surface area contributed by atoms with Gasteiger partial charge in [-0.15, -0.1) is 0 Å². The second-order valence-electron chi connectivity index (χ2n) is 6.69. The van der Waals surface area contributed by atoms with E-state index in [9.17, 15) is 9.59 Å². The maximum Gasteiger partial charge on any atom is 0.258 e. The maximum atomic E-state index is 11.9. The molecule has 2 aromatic carbocycles. The van der Waals surface area contributed by atoms with Gasteiger partial charge in [0.2, 0.25) is 0 Å². The van der Waals surface area contributed by atoms with Crippen molar-refractivity contribution in [3.63, 3.8) is 0 Å². The minimum Gasteiger partial charge on any atom is -0.307 e. The summed E-state index contributed by atoms with van der Waals surface area (Å²) in [5.41, 5.74) is 3.32. The van der Waals surface area contributed by atoms with E-state index < -0.39 is 0 Å². The molecule has 4 nitrogen and oxygen atoms in total. The van der Waals surface area contributed by atoms with E-state index in [0.29, 0.717) is 17.2 Å². The van der Waals surface area contributed by atoms with Gasteiger partial charge < -0.3 is 5.32 Å². The summed E-state index contributed by atoms with van der Waals surface area (Å²) in [6, 6.07) is 16.5. The molecular weight excluding hydrogens is 312 g/mol. The molecule has 0 aliphatic carbocycles. The molecule has 0 fully saturated rings. The van der Waals surface area contributed by atoms with Crippen molar-refractivity contribution >= 4 is 11.8 Å². The minimum absolute atomic E-state index is 0.164. The van der Waals surface area contributed by atoms with Crippen LogP contribution in [0.15, 0.2) is 48.5 Å². The van der Waals surface area contributed by atoms with Gasteiger partial charge in [-0.1, -0.05) is 49.7 Å². The zero-order chi connectivity index (χ0) is 17.8. The molecule has 1 heterocycles. The Morgan fingerprint density at radius 3 is 2.44 bits per heavy atom. The van der Waals surface area contributed by atoms with E-state index in [1.54, 1.807) is 6.07 Å². The lowest BCUT2D eigenvalue weighted by molar-refractivity contribution is 0.0879. The lowest BCUT2D eigenvalue weighted by atomic mass is 9.96. The van der Waals surface area contributed by atoms with Gasteiger partial charge in [-0.3, -0.25) is 14.9 Å². The smallest absolute Gasteiger partial charge is 0.258 e. The lowest BCUT2D eigenvalue weighted by Crippen LogP contribution is -2.32. The molecule has 2 N–H and O–H groups in total. The molecule has 0 spiro atoms. The van der Waals surface area contributed by atoms with Gasteiger partial charge in [0.05, 0.1) is 11.1 Å². The van der Waals surface area contributed by atoms with Gasteiger partial charge in [-0.25, -0.2) is 0 Å². The summed E-state index contributed by atoms with van der Waals surface area (Å²) in [5.74, 6) is -0.599. The van der Waals surface area contributed by atoms with Gasteiger partial charge >= 0.3 is 0 Å². The number of hydrogen-bond donors (Lipinski definition) is 2. The van der Waals surface area contributed by atoms with Crippen molar-refractivity contribution in [2.75, 3.05) is 0 Å². The second-order valence-corrected chi connectivity index (χ2v) is 6.69. The molecule has 2 unspecified atom stereocenters. The third-order valence-corrected chi connectivity index (χ3v) is 4.61. The topological polar surface area (TPSA) is 58.2 Å². The molecule has 0 aromatic heterocycles. The Morgan fingerprint density at radius 1 is 1.00 bits per heavy atom. The van der Waals surface area contributed by atoms with Gasteiger partial charge in [0.1, 0.15) is 0 Å². The zero-order valence-corrected chi connectivity index (χ0v) is 14.7. The standard InChI is InChI=1S/C21H24N2O2/c1-3-7-19(22-14(2)12-15-8-5-4-6-9-15)16-10-11-17-18(13-16)21(25)23-20(17)24/h4-6,8-11,13-14,19,22H,3,7,12H2,1-2H3,(H,23,24,25). The monoisotopic (exact) mass is 336 g/mol. The molecule has 2 atom stereocenters. The van der Waals surface area contributed by atoms with Crippen LogP contribution in [0.5, 0.6) is 0 Å². The minimum atomic E-state index is -0.302. The first-order valence-corrected chi connectivity index (χ1v) is 8.88. The normalized spacial score (nSPS) is 15.6. The largest absolute Gasteiger partial charge is 0.307 e. The molecule has 1 aliphatic rings. The molecule has 25 heavy (non-hydrogen) atoms. The number of amides is 2. The van der Waals surface area contributed by atoms with Crippen LogP contribution < -0.4 is 10.6 Å². The molecule has 130 valence electrons. The molecular formula is C21H24N2O2. The highest BCUT2D eigenvalue weighted by Crippen LogP contribution is 2.25. The molecule has 1 aliphatic heterocycles. The van der Waals surface area contributed by atoms with Crippen LogP contribution in [0, 0.1) is 0 Å². The number of hydrogen-bond acceptors (Lipinski definition) is 3. The summed E-state index contributed by atoms with van der Waals surface area (Å²) in [6.07, 6.45) is 2.97. The first-order valence-electron chi connectivity index (χ1n) is 8.88. The van der Waals surface area contributed by atoms with Crippen LogP contribution in [0.3, 0.4) is 0 Å². The summed E-state index contributed by atoms with van der Waals surface area (Å²) in [7, 11) is 0. The third-order valence-electron chi connectivity index (χ3n) is 4.61. The quantitative estimate of drug-likeness (QED) is 0.759. The fourth-order valence-electron chi connectivity index (χ4n) is 3.41. The Morgan fingerprint density at radius 2 is 1.72 bits per heavy atom. The number of benzene rings is 2. The Labute approximate surface area is 148 Å². The van der Waals surface area contributed by atoms with E-state index in [2.05, 4.69) is 48.7 Å². The molecule has 0 bridgehead atoms. The van der Waals surface area contributed by atoms with Crippen molar-refractivity contribution in [3.8, 4) is 0 Å². The SMILES string of the molecule is CCCC(NC(C)Cc1ccccc1)c1ccc2c(c1)C(=O)NC2=O. The van der Waals surface area contributed by atoms with Gasteiger partial charge in [-0.2, -0.15) is 0 Å². The highest BCUT2D eigenvalue weighted by molar-refractivity contribution is 6.21. The van der Waals surface area contributed by atoms with E-state index in [4.69, 9.17) is 0 Å². The van der Waals surface area contributed by atoms with E-state index in [0.717, 1.165) is 24.8 Å². The van der Waals surface area contributed by atoms with Crippen molar-refractivity contribution in [1.82, 2.24) is 10.6 Å². The van der Waals surface area contributed by atoms with Gasteiger partial charge in [0.15, 0.2) is 0 Å². The summed E-state index contributed by atoms with van der Waals surface area (Å²) in [5, 5.41) is 6.04. The molecule has 2 amide bonds. The van der Waals surface area contributed by atoms with Crippen molar-refractivity contribution in [1.29, 1.82) is 0 Å². The zero-order valence-electron chi connectivity index (χ0n) is 14.7. The average Bonchev–Trinajstić information content (AvgIpc) is 2.89. The highest BCUT2D eigenvalue weighted by atomic mass is 16.2. The van der Waals surface area contributed by atoms with Crippen LogP contribution in [-0.4, -0.2) is 17.9 Å². The van der Waals surface area contributed by atoms with E-state index in [1.165, 1.54) is 5.56 Å². The fourth-order valence-corrected chi connectivity index (χ4v) is 3.41. The molecule has 0 saturated carbocycles. The van der Waals surface area contributed by atoms with E-state index in [1.807, 2.05) is 18.2 Å². The molecule has 0 radical (unpaired) electrons. The molecule has 0 saturated heterocycles. The van der Waals surface area contributed by atoms with Gasteiger partial charge in [0.25, 0.3) is 11.8 Å². The molecule has 3 rings (SSSR count). The molecule has 4 heteroatoms. The predicted octanol–water partition coefficient (Wildman–Crippen LogP) is 3.63. The van der Waals surface area contributed by atoms with Gasteiger partial charge in [-0.05, 0) is 43.0 Å². The number of nitrogens with one attached hydrogen (secondary N) is 2. The van der Waals surface area contributed by atoms with Crippen LogP contribution in [0.25, 0.3) is 0 Å². The number of rotatable bonds is 7. The van der Waals surface area contributed by atoms with Gasteiger partial charge in [0, 0.05) is 12.1 Å². The van der Waals surface area contributed by atoms with Crippen LogP contribution in [0.1, 0.15) is 64.6 Å². The summed E-state index contributed by atoms with van der Waals surface area (Å²) < 4.78 is 0. The molecule has 2 aromatic rings. The van der Waals surface area contributed by atoms with Crippen LogP contribution >= 0.6 is 0 Å².